The number of amides is 2. The minimum absolute atomic E-state index is 0.0538. The Morgan fingerprint density at radius 3 is 2.30 bits per heavy atom. The van der Waals surface area contributed by atoms with Crippen LogP contribution in [0.1, 0.15) is 49.8 Å². The summed E-state index contributed by atoms with van der Waals surface area (Å²) < 4.78 is 65.1. The maximum Gasteiger partial charge on any atom is 0.416 e. The number of anilines is 1. The number of rotatable bonds is 12. The van der Waals surface area contributed by atoms with Crippen molar-refractivity contribution in [3.63, 3.8) is 0 Å². The van der Waals surface area contributed by atoms with Crippen molar-refractivity contribution in [2.24, 2.45) is 0 Å². The minimum Gasteiger partial charge on any atom is -0.355 e. The number of sulfonamides is 1. The molecule has 2 aromatic carbocycles. The quantitative estimate of drug-likeness (QED) is 0.429. The highest BCUT2D eigenvalue weighted by molar-refractivity contribution is 7.92. The maximum absolute atomic E-state index is 13.4. The summed E-state index contributed by atoms with van der Waals surface area (Å²) in [5.41, 5.74) is 0.737. The molecular formula is C26H34F3N3O4S. The lowest BCUT2D eigenvalue weighted by atomic mass is 10.1. The molecule has 7 nitrogen and oxygen atoms in total. The number of nitrogens with zero attached hydrogens (tertiary/aromatic N) is 2. The summed E-state index contributed by atoms with van der Waals surface area (Å²) >= 11 is 0. The van der Waals surface area contributed by atoms with Gasteiger partial charge >= 0.3 is 6.18 Å². The van der Waals surface area contributed by atoms with Gasteiger partial charge in [-0.1, -0.05) is 37.3 Å². The van der Waals surface area contributed by atoms with Crippen molar-refractivity contribution < 1.29 is 31.2 Å². The van der Waals surface area contributed by atoms with E-state index >= 15 is 0 Å². The Morgan fingerprint density at radius 1 is 1.05 bits per heavy atom. The van der Waals surface area contributed by atoms with E-state index in [1.165, 1.54) is 11.0 Å². The predicted molar refractivity (Wildman–Crippen MR) is 137 cm³/mol. The van der Waals surface area contributed by atoms with E-state index in [-0.39, 0.29) is 43.4 Å². The molecule has 11 heteroatoms. The second kappa shape index (κ2) is 12.9. The van der Waals surface area contributed by atoms with E-state index in [2.05, 4.69) is 5.32 Å². The summed E-state index contributed by atoms with van der Waals surface area (Å²) in [6.07, 6.45) is -3.38. The van der Waals surface area contributed by atoms with Gasteiger partial charge < -0.3 is 10.2 Å². The molecule has 0 radical (unpaired) electrons. The van der Waals surface area contributed by atoms with Gasteiger partial charge in [-0.25, -0.2) is 8.42 Å². The smallest absolute Gasteiger partial charge is 0.355 e. The van der Waals surface area contributed by atoms with Crippen LogP contribution in [0.4, 0.5) is 18.9 Å². The first-order valence-corrected chi connectivity index (χ1v) is 13.9. The molecule has 0 saturated heterocycles. The summed E-state index contributed by atoms with van der Waals surface area (Å²) in [6.45, 7) is 5.90. The summed E-state index contributed by atoms with van der Waals surface area (Å²) in [7, 11) is -3.92. The van der Waals surface area contributed by atoms with E-state index in [1.807, 2.05) is 31.2 Å². The molecule has 0 aromatic heterocycles. The van der Waals surface area contributed by atoms with E-state index in [0.717, 1.165) is 39.9 Å². The number of halogens is 3. The molecule has 0 spiro atoms. The molecular weight excluding hydrogens is 507 g/mol. The first-order chi connectivity index (χ1) is 17.3. The topological polar surface area (TPSA) is 86.8 Å². The Kier molecular flexibility index (Phi) is 10.5. The second-order valence-corrected chi connectivity index (χ2v) is 10.7. The zero-order valence-corrected chi connectivity index (χ0v) is 22.3. The average molecular weight is 542 g/mol. The fourth-order valence-corrected chi connectivity index (χ4v) is 4.98. The van der Waals surface area contributed by atoms with Gasteiger partial charge in [0.15, 0.2) is 0 Å². The highest BCUT2D eigenvalue weighted by atomic mass is 32.2. The van der Waals surface area contributed by atoms with Crippen LogP contribution in [-0.2, 0) is 32.3 Å². The Labute approximate surface area is 216 Å². The molecule has 2 aromatic rings. The molecule has 0 bridgehead atoms. The van der Waals surface area contributed by atoms with Crippen molar-refractivity contribution in [2.75, 3.05) is 23.7 Å². The van der Waals surface area contributed by atoms with Gasteiger partial charge in [-0.05, 0) is 56.0 Å². The normalized spacial score (nSPS) is 12.6. The van der Waals surface area contributed by atoms with Crippen LogP contribution in [-0.4, -0.2) is 50.5 Å². The molecule has 1 atom stereocenters. The van der Waals surface area contributed by atoms with Crippen molar-refractivity contribution >= 4 is 27.5 Å². The first kappa shape index (κ1) is 30.1. The Bertz CT molecular complexity index is 1190. The van der Waals surface area contributed by atoms with E-state index in [4.69, 9.17) is 0 Å². The third-order valence-corrected chi connectivity index (χ3v) is 7.15. The molecule has 0 fully saturated rings. The number of hydrogen-bond acceptors (Lipinski definition) is 4. The zero-order chi connectivity index (χ0) is 27.8. The molecule has 0 aliphatic heterocycles. The van der Waals surface area contributed by atoms with Crippen LogP contribution in [0.25, 0.3) is 0 Å². The largest absolute Gasteiger partial charge is 0.416 e. The van der Waals surface area contributed by atoms with Crippen molar-refractivity contribution in [1.29, 1.82) is 0 Å². The number of hydrogen-bond donors (Lipinski definition) is 1. The molecule has 0 unspecified atom stereocenters. The highest BCUT2D eigenvalue weighted by Crippen LogP contribution is 2.32. The number of likely N-dealkylation sites (N-methyl/N-ethyl adjacent to an activating group) is 1. The zero-order valence-electron chi connectivity index (χ0n) is 21.5. The summed E-state index contributed by atoms with van der Waals surface area (Å²) in [5, 5.41) is 2.75. The van der Waals surface area contributed by atoms with Gasteiger partial charge in [0.2, 0.25) is 21.8 Å². The van der Waals surface area contributed by atoms with Crippen LogP contribution in [0.5, 0.6) is 0 Å². The lowest BCUT2D eigenvalue weighted by Crippen LogP contribution is -2.49. The summed E-state index contributed by atoms with van der Waals surface area (Å²) in [6, 6.07) is 10.8. The molecule has 2 rings (SSSR count). The number of carbonyl (C=O) groups excluding carboxylic acids is 2. The lowest BCUT2D eigenvalue weighted by Gasteiger charge is -2.31. The third-order valence-electron chi connectivity index (χ3n) is 5.95. The maximum atomic E-state index is 13.4. The molecule has 2 amide bonds. The van der Waals surface area contributed by atoms with Crippen LogP contribution >= 0.6 is 0 Å². The van der Waals surface area contributed by atoms with Gasteiger partial charge in [-0.15, -0.1) is 0 Å². The van der Waals surface area contributed by atoms with Gasteiger partial charge in [0.05, 0.1) is 17.5 Å². The molecule has 0 heterocycles. The Hall–Kier alpha value is -3.08. The fraction of sp³-hybridized carbons (Fsp3) is 0.462. The monoisotopic (exact) mass is 541 g/mol. The number of aryl methyl sites for hydroxylation is 1. The molecule has 0 aliphatic carbocycles. The SMILES string of the molecule is CCNC(=O)[C@@H](CC)N(Cc1ccccc1C)C(=O)CCCN(c1cccc(C(F)(F)F)c1)S(C)(=O)=O. The van der Waals surface area contributed by atoms with Crippen LogP contribution in [0.2, 0.25) is 0 Å². The molecule has 1 N–H and O–H groups in total. The number of benzene rings is 2. The average Bonchev–Trinajstić information content (AvgIpc) is 2.81. The van der Waals surface area contributed by atoms with Crippen molar-refractivity contribution in [1.82, 2.24) is 10.2 Å². The number of alkyl halides is 3. The standard InChI is InChI=1S/C26H34F3N3O4S/c1-5-23(25(34)30-6-2)31(18-20-12-8-7-11-19(20)3)24(33)15-10-16-32(37(4,35)36)22-14-9-13-21(17-22)26(27,28)29/h7-9,11-14,17,23H,5-6,10,15-16,18H2,1-4H3,(H,30,34)/t23-/m1/s1. The Morgan fingerprint density at radius 2 is 1.73 bits per heavy atom. The molecule has 37 heavy (non-hydrogen) atoms. The third kappa shape index (κ3) is 8.48. The van der Waals surface area contributed by atoms with Crippen LogP contribution in [0.15, 0.2) is 48.5 Å². The molecule has 0 saturated carbocycles. The fourth-order valence-electron chi connectivity index (χ4n) is 4.02. The summed E-state index contributed by atoms with van der Waals surface area (Å²) in [5.74, 6) is -0.632. The van der Waals surface area contributed by atoms with Crippen molar-refractivity contribution in [3.05, 3.63) is 65.2 Å². The lowest BCUT2D eigenvalue weighted by molar-refractivity contribution is -0.141. The molecule has 204 valence electrons. The van der Waals surface area contributed by atoms with Gasteiger partial charge in [-0.3, -0.25) is 13.9 Å². The van der Waals surface area contributed by atoms with Crippen LogP contribution in [0, 0.1) is 6.92 Å². The van der Waals surface area contributed by atoms with Gasteiger partial charge in [0.25, 0.3) is 0 Å². The number of nitrogens with one attached hydrogen (secondary N) is 1. The second-order valence-electron chi connectivity index (χ2n) is 8.75. The van der Waals surface area contributed by atoms with Gasteiger partial charge in [0, 0.05) is 26.1 Å². The van der Waals surface area contributed by atoms with Crippen LogP contribution < -0.4 is 9.62 Å². The van der Waals surface area contributed by atoms with Gasteiger partial charge in [-0.2, -0.15) is 13.2 Å². The van der Waals surface area contributed by atoms with E-state index in [1.54, 1.807) is 13.8 Å². The van der Waals surface area contributed by atoms with Gasteiger partial charge in [0.1, 0.15) is 6.04 Å². The highest BCUT2D eigenvalue weighted by Gasteiger charge is 2.32. The van der Waals surface area contributed by atoms with Crippen LogP contribution in [0.3, 0.4) is 0 Å². The van der Waals surface area contributed by atoms with Crippen molar-refractivity contribution in [2.45, 2.75) is 58.8 Å². The van der Waals surface area contributed by atoms with E-state index in [9.17, 15) is 31.2 Å². The number of carbonyl (C=O) groups is 2. The predicted octanol–water partition coefficient (Wildman–Crippen LogP) is 4.50. The summed E-state index contributed by atoms with van der Waals surface area (Å²) in [4.78, 5) is 27.6. The van der Waals surface area contributed by atoms with E-state index in [0.29, 0.717) is 13.0 Å². The molecule has 0 aliphatic rings. The minimum atomic E-state index is -4.63. The first-order valence-electron chi connectivity index (χ1n) is 12.1. The van der Waals surface area contributed by atoms with Crippen molar-refractivity contribution in [3.8, 4) is 0 Å². The Balaban J connectivity index is 2.25. The van der Waals surface area contributed by atoms with E-state index < -0.39 is 27.8 Å².